The molecular formula is C9H8Cl2O2. The number of fused-ring (bicyclic) bond motifs is 2. The van der Waals surface area contributed by atoms with Crippen LogP contribution < -0.4 is 0 Å². The van der Waals surface area contributed by atoms with Crippen molar-refractivity contribution in [1.82, 2.24) is 0 Å². The molecule has 1 saturated heterocycles. The fourth-order valence-corrected chi connectivity index (χ4v) is 2.96. The Morgan fingerprint density at radius 2 is 2.23 bits per heavy atom. The zero-order valence-corrected chi connectivity index (χ0v) is 8.26. The lowest BCUT2D eigenvalue weighted by atomic mass is 9.70. The van der Waals surface area contributed by atoms with E-state index in [-0.39, 0.29) is 29.8 Å². The molecule has 2 unspecified atom stereocenters. The van der Waals surface area contributed by atoms with Crippen molar-refractivity contribution >= 4 is 29.0 Å². The highest BCUT2D eigenvalue weighted by atomic mass is 35.5. The Balaban J connectivity index is 1.91. The van der Waals surface area contributed by atoms with E-state index in [0.29, 0.717) is 0 Å². The maximum atomic E-state index is 11.5. The van der Waals surface area contributed by atoms with Crippen LogP contribution in [0, 0.1) is 11.8 Å². The minimum absolute atomic E-state index is 0.000247. The number of rotatable bonds is 0. The van der Waals surface area contributed by atoms with Gasteiger partial charge in [-0.2, -0.15) is 0 Å². The van der Waals surface area contributed by atoms with Crippen LogP contribution >= 0.6 is 23.2 Å². The maximum Gasteiger partial charge on any atom is 0.183 e. The van der Waals surface area contributed by atoms with Crippen LogP contribution in [0.1, 0.15) is 6.42 Å². The van der Waals surface area contributed by atoms with Crippen molar-refractivity contribution < 1.29 is 9.53 Å². The third kappa shape index (κ3) is 0.969. The van der Waals surface area contributed by atoms with E-state index in [1.807, 2.05) is 12.2 Å². The molecule has 0 bridgehead atoms. The molecule has 0 aromatic rings. The molecule has 1 heterocycles. The second-order valence-electron chi connectivity index (χ2n) is 3.88. The fraction of sp³-hybridized carbons (Fsp3) is 0.667. The van der Waals surface area contributed by atoms with Crippen molar-refractivity contribution in [3.05, 3.63) is 12.2 Å². The predicted octanol–water partition coefficient (Wildman–Crippen LogP) is 1.70. The van der Waals surface area contributed by atoms with Gasteiger partial charge in [0.1, 0.15) is 6.10 Å². The molecule has 70 valence electrons. The first-order chi connectivity index (χ1) is 6.10. The summed E-state index contributed by atoms with van der Waals surface area (Å²) in [5, 5.41) is 0. The van der Waals surface area contributed by atoms with Gasteiger partial charge in [0.25, 0.3) is 0 Å². The number of alkyl halides is 2. The van der Waals surface area contributed by atoms with E-state index in [1.54, 1.807) is 0 Å². The maximum absolute atomic E-state index is 11.5. The SMILES string of the molecule is O=C1[C@@H]2CC3OC3C=C[C@@H]2C1(Cl)Cl. The molecule has 1 saturated carbocycles. The van der Waals surface area contributed by atoms with Gasteiger partial charge in [0.15, 0.2) is 10.1 Å². The van der Waals surface area contributed by atoms with Gasteiger partial charge < -0.3 is 4.74 Å². The standard InChI is InChI=1S/C9H8Cl2O2/c10-9(11)5-1-2-6-7(13-6)3-4(5)8(9)12/h1-2,4-7H,3H2/t4-,5+,6?,7?/m1/s1. The van der Waals surface area contributed by atoms with Gasteiger partial charge in [0, 0.05) is 11.8 Å². The Kier molecular flexibility index (Phi) is 1.46. The van der Waals surface area contributed by atoms with Crippen molar-refractivity contribution in [2.75, 3.05) is 0 Å². The second kappa shape index (κ2) is 2.30. The topological polar surface area (TPSA) is 29.6 Å². The summed E-state index contributed by atoms with van der Waals surface area (Å²) in [4.78, 5) is 11.5. The van der Waals surface area contributed by atoms with E-state index in [0.717, 1.165) is 6.42 Å². The van der Waals surface area contributed by atoms with E-state index >= 15 is 0 Å². The number of hydrogen-bond acceptors (Lipinski definition) is 2. The zero-order chi connectivity index (χ0) is 9.22. The third-order valence-electron chi connectivity index (χ3n) is 3.13. The number of hydrogen-bond donors (Lipinski definition) is 0. The van der Waals surface area contributed by atoms with Crippen molar-refractivity contribution in [3.63, 3.8) is 0 Å². The number of Topliss-reactive ketones (excluding diaryl/α,β-unsaturated/α-hetero) is 1. The number of ketones is 1. The van der Waals surface area contributed by atoms with Gasteiger partial charge in [0.05, 0.1) is 6.10 Å². The fourth-order valence-electron chi connectivity index (χ4n) is 2.23. The summed E-state index contributed by atoms with van der Waals surface area (Å²) < 4.78 is 4.13. The summed E-state index contributed by atoms with van der Waals surface area (Å²) in [5.41, 5.74) is 0. The van der Waals surface area contributed by atoms with E-state index in [9.17, 15) is 4.79 Å². The molecule has 4 heteroatoms. The van der Waals surface area contributed by atoms with Crippen LogP contribution in [0.3, 0.4) is 0 Å². The summed E-state index contributed by atoms with van der Waals surface area (Å²) in [7, 11) is 0. The molecule has 13 heavy (non-hydrogen) atoms. The molecule has 0 aromatic carbocycles. The van der Waals surface area contributed by atoms with Crippen LogP contribution in [-0.2, 0) is 9.53 Å². The summed E-state index contributed by atoms with van der Waals surface area (Å²) in [6.45, 7) is 0. The van der Waals surface area contributed by atoms with Crippen LogP contribution in [0.2, 0.25) is 0 Å². The average Bonchev–Trinajstić information content (AvgIpc) is 2.78. The molecule has 0 aromatic heterocycles. The molecule has 0 amide bonds. The van der Waals surface area contributed by atoms with Crippen LogP contribution in [0.5, 0.6) is 0 Å². The molecule has 2 aliphatic carbocycles. The van der Waals surface area contributed by atoms with Crippen LogP contribution in [-0.4, -0.2) is 22.3 Å². The van der Waals surface area contributed by atoms with E-state index in [4.69, 9.17) is 27.9 Å². The van der Waals surface area contributed by atoms with E-state index in [2.05, 4.69) is 0 Å². The summed E-state index contributed by atoms with van der Waals surface area (Å²) in [6, 6.07) is 0. The molecule has 3 rings (SSSR count). The Morgan fingerprint density at radius 3 is 3.00 bits per heavy atom. The van der Waals surface area contributed by atoms with Crippen molar-refractivity contribution in [2.24, 2.45) is 11.8 Å². The average molecular weight is 219 g/mol. The smallest absolute Gasteiger partial charge is 0.183 e. The normalized spacial score (nSPS) is 50.2. The van der Waals surface area contributed by atoms with E-state index < -0.39 is 4.33 Å². The number of carbonyl (C=O) groups excluding carboxylic acids is 1. The Hall–Kier alpha value is -0.0500. The van der Waals surface area contributed by atoms with Crippen LogP contribution in [0.25, 0.3) is 0 Å². The van der Waals surface area contributed by atoms with Gasteiger partial charge in [-0.25, -0.2) is 0 Å². The number of ether oxygens (including phenoxy) is 1. The van der Waals surface area contributed by atoms with Gasteiger partial charge >= 0.3 is 0 Å². The zero-order valence-electron chi connectivity index (χ0n) is 6.74. The number of halogens is 2. The molecule has 4 atom stereocenters. The second-order valence-corrected chi connectivity index (χ2v) is 5.27. The van der Waals surface area contributed by atoms with Gasteiger partial charge in [-0.15, -0.1) is 0 Å². The summed E-state index contributed by atoms with van der Waals surface area (Å²) >= 11 is 11.8. The number of allylic oxidation sites excluding steroid dienone is 1. The highest BCUT2D eigenvalue weighted by Gasteiger charge is 2.62. The van der Waals surface area contributed by atoms with Crippen molar-refractivity contribution in [2.45, 2.75) is 23.0 Å². The number of epoxide rings is 1. The minimum Gasteiger partial charge on any atom is -0.365 e. The molecule has 2 nitrogen and oxygen atoms in total. The minimum atomic E-state index is -1.17. The summed E-state index contributed by atoms with van der Waals surface area (Å²) in [6.07, 6.45) is 5.13. The molecule has 0 N–H and O–H groups in total. The van der Waals surface area contributed by atoms with Gasteiger partial charge in [-0.05, 0) is 6.42 Å². The molecule has 1 aliphatic heterocycles. The predicted molar refractivity (Wildman–Crippen MR) is 48.8 cm³/mol. The first kappa shape index (κ1) is 8.27. The first-order valence-electron chi connectivity index (χ1n) is 4.36. The first-order valence-corrected chi connectivity index (χ1v) is 5.12. The van der Waals surface area contributed by atoms with Crippen LogP contribution in [0.4, 0.5) is 0 Å². The lowest BCUT2D eigenvalue weighted by Gasteiger charge is -2.43. The number of carbonyl (C=O) groups is 1. The molecule has 0 radical (unpaired) electrons. The molecule has 3 aliphatic rings. The molecule has 2 fully saturated rings. The monoisotopic (exact) mass is 218 g/mol. The largest absolute Gasteiger partial charge is 0.365 e. The Labute approximate surface area is 85.8 Å². The van der Waals surface area contributed by atoms with Crippen molar-refractivity contribution in [1.29, 1.82) is 0 Å². The lowest BCUT2D eigenvalue weighted by Crippen LogP contribution is -2.55. The molecule has 0 spiro atoms. The van der Waals surface area contributed by atoms with Gasteiger partial charge in [-0.3, -0.25) is 4.79 Å². The Bertz CT molecular complexity index is 311. The van der Waals surface area contributed by atoms with Crippen molar-refractivity contribution in [3.8, 4) is 0 Å². The summed E-state index contributed by atoms with van der Waals surface area (Å²) in [5.74, 6) is -0.0508. The highest BCUT2D eigenvalue weighted by Crippen LogP contribution is 2.54. The van der Waals surface area contributed by atoms with E-state index in [1.165, 1.54) is 0 Å². The quantitative estimate of drug-likeness (QED) is 0.352. The Morgan fingerprint density at radius 1 is 1.46 bits per heavy atom. The van der Waals surface area contributed by atoms with Gasteiger partial charge in [0.2, 0.25) is 0 Å². The molecular weight excluding hydrogens is 211 g/mol. The highest BCUT2D eigenvalue weighted by molar-refractivity contribution is 6.61. The van der Waals surface area contributed by atoms with Gasteiger partial charge in [-0.1, -0.05) is 35.4 Å². The van der Waals surface area contributed by atoms with Crippen LogP contribution in [0.15, 0.2) is 12.2 Å². The lowest BCUT2D eigenvalue weighted by molar-refractivity contribution is -0.134. The third-order valence-corrected chi connectivity index (χ3v) is 4.01.